The lowest BCUT2D eigenvalue weighted by Gasteiger charge is -2.02. The van der Waals surface area contributed by atoms with Gasteiger partial charge in [0.05, 0.1) is 0 Å². The fourth-order valence-corrected chi connectivity index (χ4v) is 3.33. The molecule has 0 spiro atoms. The summed E-state index contributed by atoms with van der Waals surface area (Å²) in [5.41, 5.74) is 2.84. The summed E-state index contributed by atoms with van der Waals surface area (Å²) in [6.07, 6.45) is 5.50. The maximum absolute atomic E-state index is 11.0. The van der Waals surface area contributed by atoms with Crippen molar-refractivity contribution in [2.24, 2.45) is 0 Å². The van der Waals surface area contributed by atoms with Crippen LogP contribution in [0.1, 0.15) is 11.1 Å². The van der Waals surface area contributed by atoms with E-state index in [-0.39, 0.29) is 4.90 Å². The van der Waals surface area contributed by atoms with Gasteiger partial charge in [-0.05, 0) is 29.0 Å². The molecule has 0 aliphatic heterocycles. The first-order valence-corrected chi connectivity index (χ1v) is 8.69. The predicted octanol–water partition coefficient (Wildman–Crippen LogP) is 4.34. The Morgan fingerprint density at radius 1 is 0.826 bits per heavy atom. The van der Waals surface area contributed by atoms with Gasteiger partial charge in [-0.25, -0.2) is 0 Å². The zero-order valence-corrected chi connectivity index (χ0v) is 13.2. The summed E-state index contributed by atoms with van der Waals surface area (Å²) in [6, 6.07) is 20.3. The van der Waals surface area contributed by atoms with Gasteiger partial charge >= 0.3 is 0 Å². The smallest absolute Gasteiger partial charge is 0.282 e. The van der Waals surface area contributed by atoms with Crippen LogP contribution in [-0.2, 0) is 16.5 Å². The Morgan fingerprint density at radius 3 is 2.30 bits per heavy atom. The molecule has 1 N–H and O–H groups in total. The molecule has 1 aliphatic rings. The highest BCUT2D eigenvalue weighted by atomic mass is 32.2. The van der Waals surface area contributed by atoms with Gasteiger partial charge in [-0.3, -0.25) is 4.55 Å². The monoisotopic (exact) mass is 324 g/mol. The van der Waals surface area contributed by atoms with Crippen LogP contribution in [0.25, 0.3) is 16.8 Å². The second-order valence-corrected chi connectivity index (χ2v) is 6.65. The molecule has 0 fully saturated rings. The van der Waals surface area contributed by atoms with Crippen molar-refractivity contribution in [3.05, 3.63) is 83.9 Å². The fraction of sp³-hybridized carbons (Fsp3) is 0.0526. The Kier molecular flexibility index (Phi) is 4.28. The molecule has 116 valence electrons. The highest BCUT2D eigenvalue weighted by Gasteiger charge is 2.12. The normalized spacial score (nSPS) is 12.6. The third-order valence-electron chi connectivity index (χ3n) is 3.72. The number of rotatable bonds is 1. The van der Waals surface area contributed by atoms with Crippen molar-refractivity contribution < 1.29 is 13.0 Å². The van der Waals surface area contributed by atoms with E-state index in [4.69, 9.17) is 4.55 Å². The van der Waals surface area contributed by atoms with E-state index in [2.05, 4.69) is 36.4 Å². The van der Waals surface area contributed by atoms with Gasteiger partial charge in [-0.15, -0.1) is 0 Å². The third-order valence-corrected chi connectivity index (χ3v) is 4.63. The summed E-state index contributed by atoms with van der Waals surface area (Å²) in [7, 11) is -4.13. The molecule has 0 saturated heterocycles. The Labute approximate surface area is 135 Å². The molecule has 23 heavy (non-hydrogen) atoms. The number of benzene rings is 3. The molecule has 0 unspecified atom stereocenters. The number of hydrogen-bond donors (Lipinski definition) is 1. The molecule has 0 heterocycles. The van der Waals surface area contributed by atoms with Gasteiger partial charge in [-0.1, -0.05) is 72.8 Å². The summed E-state index contributed by atoms with van der Waals surface area (Å²) in [4.78, 5) is -0.0457. The van der Waals surface area contributed by atoms with Crippen molar-refractivity contribution in [2.75, 3.05) is 0 Å². The Hall–Kier alpha value is -2.43. The third kappa shape index (κ3) is 3.50. The van der Waals surface area contributed by atoms with Crippen molar-refractivity contribution in [1.29, 1.82) is 0 Å². The summed E-state index contributed by atoms with van der Waals surface area (Å²) >= 11 is 0. The van der Waals surface area contributed by atoms with Crippen LogP contribution in [0.3, 0.4) is 0 Å². The van der Waals surface area contributed by atoms with Gasteiger partial charge in [0.25, 0.3) is 10.1 Å². The maximum atomic E-state index is 11.0. The molecule has 4 heteroatoms. The Bertz CT molecular complexity index is 967. The van der Waals surface area contributed by atoms with Gasteiger partial charge in [0.15, 0.2) is 0 Å². The quantitative estimate of drug-likeness (QED) is 0.677. The zero-order chi connectivity index (χ0) is 16.3. The first-order valence-electron chi connectivity index (χ1n) is 7.25. The van der Waals surface area contributed by atoms with Crippen LogP contribution in [0.15, 0.2) is 77.7 Å². The first kappa shape index (κ1) is 15.5. The molecular weight excluding hydrogens is 308 g/mol. The molecule has 0 radical (unpaired) electrons. The molecular formula is C19H16O3S. The highest BCUT2D eigenvalue weighted by Crippen LogP contribution is 2.22. The maximum Gasteiger partial charge on any atom is 0.295 e. The van der Waals surface area contributed by atoms with Crippen molar-refractivity contribution >= 4 is 27.0 Å². The second kappa shape index (κ2) is 6.36. The van der Waals surface area contributed by atoms with Crippen LogP contribution in [0.2, 0.25) is 0 Å². The minimum atomic E-state index is -4.13. The van der Waals surface area contributed by atoms with E-state index in [1.54, 1.807) is 30.3 Å². The zero-order valence-electron chi connectivity index (χ0n) is 12.4. The van der Waals surface area contributed by atoms with Gasteiger partial charge in [0, 0.05) is 5.39 Å². The van der Waals surface area contributed by atoms with E-state index in [1.165, 1.54) is 17.2 Å². The van der Waals surface area contributed by atoms with Gasteiger partial charge in [-0.2, -0.15) is 8.42 Å². The van der Waals surface area contributed by atoms with E-state index < -0.39 is 10.1 Å². The predicted molar refractivity (Wildman–Crippen MR) is 92.9 cm³/mol. The second-order valence-electron chi connectivity index (χ2n) is 5.26. The van der Waals surface area contributed by atoms with Crippen molar-refractivity contribution in [3.63, 3.8) is 0 Å². The summed E-state index contributed by atoms with van der Waals surface area (Å²) < 4.78 is 31.0. The van der Waals surface area contributed by atoms with E-state index >= 15 is 0 Å². The SMILES string of the molecule is C1=Cc2ccccc2C1.O=S(=O)(O)c1cccc2ccccc12. The molecule has 0 bridgehead atoms. The standard InChI is InChI=1S/C10H8O3S.C9H8/c11-14(12,13)10-7-3-5-8-4-1-2-6-9(8)10;1-2-5-9-7-3-6-8(9)4-1/h1-7H,(H,11,12,13);1-6H,7H2. The lowest BCUT2D eigenvalue weighted by atomic mass is 10.1. The van der Waals surface area contributed by atoms with Crippen LogP contribution < -0.4 is 0 Å². The van der Waals surface area contributed by atoms with Gasteiger partial charge < -0.3 is 0 Å². The molecule has 3 aromatic rings. The molecule has 0 aromatic heterocycles. The molecule has 0 saturated carbocycles. The first-order chi connectivity index (χ1) is 11.1. The molecule has 4 rings (SSSR count). The van der Waals surface area contributed by atoms with Crippen molar-refractivity contribution in [1.82, 2.24) is 0 Å². The van der Waals surface area contributed by atoms with Gasteiger partial charge in [0.1, 0.15) is 4.90 Å². The van der Waals surface area contributed by atoms with Crippen LogP contribution >= 0.6 is 0 Å². The van der Waals surface area contributed by atoms with Crippen molar-refractivity contribution in [2.45, 2.75) is 11.3 Å². The largest absolute Gasteiger partial charge is 0.295 e. The summed E-state index contributed by atoms with van der Waals surface area (Å²) in [5, 5.41) is 1.33. The summed E-state index contributed by atoms with van der Waals surface area (Å²) in [6.45, 7) is 0. The van der Waals surface area contributed by atoms with Crippen LogP contribution in [0.4, 0.5) is 0 Å². The molecule has 1 aliphatic carbocycles. The van der Waals surface area contributed by atoms with Crippen LogP contribution in [0, 0.1) is 0 Å². The number of allylic oxidation sites excluding steroid dienone is 1. The van der Waals surface area contributed by atoms with E-state index in [0.717, 1.165) is 11.8 Å². The van der Waals surface area contributed by atoms with Gasteiger partial charge in [0.2, 0.25) is 0 Å². The molecule has 3 nitrogen and oxygen atoms in total. The van der Waals surface area contributed by atoms with Crippen LogP contribution in [0.5, 0.6) is 0 Å². The van der Waals surface area contributed by atoms with Crippen LogP contribution in [-0.4, -0.2) is 13.0 Å². The average molecular weight is 324 g/mol. The number of hydrogen-bond acceptors (Lipinski definition) is 2. The minimum Gasteiger partial charge on any atom is -0.282 e. The van der Waals surface area contributed by atoms with E-state index in [1.807, 2.05) is 6.07 Å². The molecule has 0 atom stereocenters. The lowest BCUT2D eigenvalue weighted by Crippen LogP contribution is -1.98. The van der Waals surface area contributed by atoms with Crippen molar-refractivity contribution in [3.8, 4) is 0 Å². The number of fused-ring (bicyclic) bond motifs is 2. The summed E-state index contributed by atoms with van der Waals surface area (Å²) in [5.74, 6) is 0. The fourth-order valence-electron chi connectivity index (χ4n) is 2.62. The molecule has 0 amide bonds. The van der Waals surface area contributed by atoms with E-state index in [0.29, 0.717) is 5.39 Å². The molecule has 3 aromatic carbocycles. The Morgan fingerprint density at radius 2 is 1.52 bits per heavy atom. The average Bonchev–Trinajstić information content (AvgIpc) is 3.02. The lowest BCUT2D eigenvalue weighted by molar-refractivity contribution is 0.484. The topological polar surface area (TPSA) is 54.4 Å². The van der Waals surface area contributed by atoms with E-state index in [9.17, 15) is 8.42 Å². The minimum absolute atomic E-state index is 0.0457. The Balaban J connectivity index is 0.000000149. The highest BCUT2D eigenvalue weighted by molar-refractivity contribution is 7.86.